The van der Waals surface area contributed by atoms with Crippen molar-refractivity contribution < 1.29 is 14.3 Å². The molecule has 1 N–H and O–H groups in total. The summed E-state index contributed by atoms with van der Waals surface area (Å²) in [6.45, 7) is 5.23. The molecule has 1 amide bonds. The first-order valence-corrected chi connectivity index (χ1v) is 7.67. The van der Waals surface area contributed by atoms with E-state index in [4.69, 9.17) is 4.74 Å². The largest absolute Gasteiger partial charge is 0.462 e. The van der Waals surface area contributed by atoms with E-state index in [0.717, 1.165) is 5.56 Å². The van der Waals surface area contributed by atoms with E-state index >= 15 is 0 Å². The lowest BCUT2D eigenvalue weighted by molar-refractivity contribution is -0.114. The van der Waals surface area contributed by atoms with Gasteiger partial charge >= 0.3 is 5.97 Å². The van der Waals surface area contributed by atoms with Gasteiger partial charge in [0.05, 0.1) is 18.7 Å². The second kappa shape index (κ2) is 7.59. The molecule has 0 spiro atoms. The number of rotatable bonds is 5. The van der Waals surface area contributed by atoms with Crippen LogP contribution in [-0.4, -0.2) is 23.1 Å². The van der Waals surface area contributed by atoms with Gasteiger partial charge in [-0.25, -0.2) is 4.79 Å². The van der Waals surface area contributed by atoms with Crippen LogP contribution < -0.4 is 10.9 Å². The summed E-state index contributed by atoms with van der Waals surface area (Å²) in [4.78, 5) is 36.2. The van der Waals surface area contributed by atoms with Crippen LogP contribution in [-0.2, 0) is 16.1 Å². The Morgan fingerprint density at radius 3 is 2.46 bits per heavy atom. The van der Waals surface area contributed by atoms with E-state index in [1.54, 1.807) is 13.8 Å². The third-order valence-corrected chi connectivity index (χ3v) is 3.55. The molecule has 0 saturated heterocycles. The Morgan fingerprint density at radius 1 is 1.21 bits per heavy atom. The number of benzene rings is 1. The Kier molecular flexibility index (Phi) is 5.52. The van der Waals surface area contributed by atoms with Crippen LogP contribution in [0.5, 0.6) is 0 Å². The molecule has 0 saturated carbocycles. The number of aromatic nitrogens is 1. The van der Waals surface area contributed by atoms with Gasteiger partial charge in [0, 0.05) is 12.6 Å². The number of esters is 1. The highest BCUT2D eigenvalue weighted by atomic mass is 16.5. The smallest absolute Gasteiger partial charge is 0.339 e. The molecule has 0 atom stereocenters. The van der Waals surface area contributed by atoms with Crippen LogP contribution in [0.25, 0.3) is 0 Å². The molecule has 2 aromatic rings. The first-order valence-electron chi connectivity index (χ1n) is 7.67. The molecule has 24 heavy (non-hydrogen) atoms. The number of hydrogen-bond acceptors (Lipinski definition) is 4. The second-order valence-corrected chi connectivity index (χ2v) is 5.34. The van der Waals surface area contributed by atoms with Crippen LogP contribution in [0.15, 0.2) is 41.2 Å². The van der Waals surface area contributed by atoms with E-state index < -0.39 is 5.97 Å². The van der Waals surface area contributed by atoms with Gasteiger partial charge in [0.2, 0.25) is 5.91 Å². The van der Waals surface area contributed by atoms with Crippen LogP contribution in [0.4, 0.5) is 5.69 Å². The summed E-state index contributed by atoms with van der Waals surface area (Å²) >= 11 is 0. The number of anilines is 1. The van der Waals surface area contributed by atoms with Crippen molar-refractivity contribution in [1.29, 1.82) is 0 Å². The summed E-state index contributed by atoms with van der Waals surface area (Å²) in [5.74, 6) is -0.902. The Labute approximate surface area is 140 Å². The molecule has 0 fully saturated rings. The standard InChI is InChI=1S/C18H20N2O4/c1-4-24-18(23)15-10-16(19-13(3)21)17(22)20(12(15)2)11-14-8-6-5-7-9-14/h5-10H,4,11H2,1-3H3,(H,19,21). The van der Waals surface area contributed by atoms with Crippen molar-refractivity contribution in [2.24, 2.45) is 0 Å². The van der Waals surface area contributed by atoms with E-state index in [0.29, 0.717) is 12.2 Å². The van der Waals surface area contributed by atoms with E-state index in [1.165, 1.54) is 17.6 Å². The minimum Gasteiger partial charge on any atom is -0.462 e. The third kappa shape index (κ3) is 3.90. The van der Waals surface area contributed by atoms with Gasteiger partial charge in [0.15, 0.2) is 0 Å². The van der Waals surface area contributed by atoms with Gasteiger partial charge in [-0.15, -0.1) is 0 Å². The zero-order valence-corrected chi connectivity index (χ0v) is 14.0. The number of amides is 1. The van der Waals surface area contributed by atoms with Crippen molar-refractivity contribution in [2.75, 3.05) is 11.9 Å². The minimum absolute atomic E-state index is 0.0621. The molecule has 1 aromatic heterocycles. The number of hydrogen-bond donors (Lipinski definition) is 1. The second-order valence-electron chi connectivity index (χ2n) is 5.34. The van der Waals surface area contributed by atoms with Gasteiger partial charge < -0.3 is 14.6 Å². The lowest BCUT2D eigenvalue weighted by Crippen LogP contribution is -2.29. The zero-order chi connectivity index (χ0) is 17.7. The molecule has 0 unspecified atom stereocenters. The molecular formula is C18H20N2O4. The minimum atomic E-state index is -0.525. The van der Waals surface area contributed by atoms with E-state index in [-0.39, 0.29) is 29.3 Å². The van der Waals surface area contributed by atoms with Gasteiger partial charge in [-0.05, 0) is 25.5 Å². The number of carbonyl (C=O) groups excluding carboxylic acids is 2. The van der Waals surface area contributed by atoms with Crippen molar-refractivity contribution in [3.8, 4) is 0 Å². The fourth-order valence-corrected chi connectivity index (χ4v) is 2.40. The lowest BCUT2D eigenvalue weighted by Gasteiger charge is -2.16. The highest BCUT2D eigenvalue weighted by Crippen LogP contribution is 2.15. The average Bonchev–Trinajstić information content (AvgIpc) is 2.55. The first kappa shape index (κ1) is 17.5. The summed E-state index contributed by atoms with van der Waals surface area (Å²) in [6, 6.07) is 10.8. The molecule has 6 heteroatoms. The molecular weight excluding hydrogens is 308 g/mol. The average molecular weight is 328 g/mol. The SMILES string of the molecule is CCOC(=O)c1cc(NC(C)=O)c(=O)n(Cc2ccccc2)c1C. The van der Waals surface area contributed by atoms with Crippen LogP contribution >= 0.6 is 0 Å². The van der Waals surface area contributed by atoms with E-state index in [9.17, 15) is 14.4 Å². The number of nitrogens with one attached hydrogen (secondary N) is 1. The summed E-state index contributed by atoms with van der Waals surface area (Å²) in [5, 5.41) is 2.48. The third-order valence-electron chi connectivity index (χ3n) is 3.55. The molecule has 0 aliphatic rings. The van der Waals surface area contributed by atoms with Crippen LogP contribution in [0, 0.1) is 6.92 Å². The van der Waals surface area contributed by atoms with E-state index in [2.05, 4.69) is 5.32 Å². The molecule has 2 rings (SSSR count). The van der Waals surface area contributed by atoms with Crippen LogP contribution in [0.1, 0.15) is 35.5 Å². The molecule has 6 nitrogen and oxygen atoms in total. The molecule has 0 radical (unpaired) electrons. The molecule has 0 bridgehead atoms. The van der Waals surface area contributed by atoms with Crippen molar-refractivity contribution in [2.45, 2.75) is 27.3 Å². The number of ether oxygens (including phenoxy) is 1. The normalized spacial score (nSPS) is 10.3. The molecule has 1 heterocycles. The van der Waals surface area contributed by atoms with Gasteiger partial charge in [0.25, 0.3) is 5.56 Å². The summed E-state index contributed by atoms with van der Waals surface area (Å²) in [7, 11) is 0. The predicted molar refractivity (Wildman–Crippen MR) is 91.2 cm³/mol. The Bertz CT molecular complexity index is 810. The van der Waals surface area contributed by atoms with E-state index in [1.807, 2.05) is 30.3 Å². The van der Waals surface area contributed by atoms with Crippen molar-refractivity contribution in [1.82, 2.24) is 4.57 Å². The topological polar surface area (TPSA) is 77.4 Å². The van der Waals surface area contributed by atoms with Crippen LogP contribution in [0.2, 0.25) is 0 Å². The Morgan fingerprint density at radius 2 is 1.88 bits per heavy atom. The fraction of sp³-hybridized carbons (Fsp3) is 0.278. The Balaban J connectivity index is 2.58. The summed E-state index contributed by atoms with van der Waals surface area (Å²) < 4.78 is 6.51. The number of nitrogens with zero attached hydrogens (tertiary/aromatic N) is 1. The molecule has 126 valence electrons. The van der Waals surface area contributed by atoms with Gasteiger partial charge in [-0.1, -0.05) is 30.3 Å². The molecule has 0 aliphatic heterocycles. The maximum Gasteiger partial charge on any atom is 0.339 e. The Hall–Kier alpha value is -2.89. The predicted octanol–water partition coefficient (Wildman–Crippen LogP) is 2.34. The number of carbonyl (C=O) groups is 2. The van der Waals surface area contributed by atoms with Crippen molar-refractivity contribution >= 4 is 17.6 Å². The van der Waals surface area contributed by atoms with Crippen molar-refractivity contribution in [3.05, 3.63) is 63.6 Å². The van der Waals surface area contributed by atoms with Gasteiger partial charge in [-0.3, -0.25) is 9.59 Å². The fourth-order valence-electron chi connectivity index (χ4n) is 2.40. The maximum absolute atomic E-state index is 12.7. The first-order chi connectivity index (χ1) is 11.4. The quantitative estimate of drug-likeness (QED) is 0.855. The highest BCUT2D eigenvalue weighted by molar-refractivity contribution is 5.94. The summed E-state index contributed by atoms with van der Waals surface area (Å²) in [6.07, 6.45) is 0. The van der Waals surface area contributed by atoms with Gasteiger partial charge in [0.1, 0.15) is 5.69 Å². The van der Waals surface area contributed by atoms with Crippen molar-refractivity contribution in [3.63, 3.8) is 0 Å². The van der Waals surface area contributed by atoms with Crippen LogP contribution in [0.3, 0.4) is 0 Å². The molecule has 0 aliphatic carbocycles. The van der Waals surface area contributed by atoms with Gasteiger partial charge in [-0.2, -0.15) is 0 Å². The lowest BCUT2D eigenvalue weighted by atomic mass is 10.1. The number of pyridine rings is 1. The molecule has 1 aromatic carbocycles. The monoisotopic (exact) mass is 328 g/mol. The zero-order valence-electron chi connectivity index (χ0n) is 14.0. The maximum atomic E-state index is 12.7. The highest BCUT2D eigenvalue weighted by Gasteiger charge is 2.18. The summed E-state index contributed by atoms with van der Waals surface area (Å²) in [5.41, 5.74) is 1.37.